The molecule has 3 rings (SSSR count). The zero-order chi connectivity index (χ0) is 20.3. The number of H-pyrrole nitrogens is 1. The Morgan fingerprint density at radius 1 is 1.25 bits per heavy atom. The molecule has 2 amide bonds. The van der Waals surface area contributed by atoms with Gasteiger partial charge in [0.2, 0.25) is 5.88 Å². The molecule has 1 aromatic heterocycles. The molecule has 0 fully saturated rings. The number of halogens is 1. The molecule has 0 saturated carbocycles. The fourth-order valence-corrected chi connectivity index (χ4v) is 2.40. The fraction of sp³-hybridized carbons (Fsp3) is 0.0588. The molecule has 0 aliphatic carbocycles. The minimum atomic E-state index is -0.871. The van der Waals surface area contributed by atoms with Crippen molar-refractivity contribution >= 4 is 34.1 Å². The molecule has 0 bridgehead atoms. The molecule has 0 unspecified atom stereocenters. The number of aromatic amines is 1. The van der Waals surface area contributed by atoms with Crippen LogP contribution in [0.5, 0.6) is 5.88 Å². The number of nitrogens with one attached hydrogen (secondary N) is 2. The molecule has 0 aliphatic heterocycles. The number of aromatic hydroxyl groups is 1. The lowest BCUT2D eigenvalue weighted by Gasteiger charge is -2.03. The lowest BCUT2D eigenvalue weighted by atomic mass is 10.2. The van der Waals surface area contributed by atoms with E-state index in [9.17, 15) is 29.2 Å². The molecule has 28 heavy (non-hydrogen) atoms. The van der Waals surface area contributed by atoms with Gasteiger partial charge in [0.1, 0.15) is 12.4 Å². The average molecular weight is 385 g/mol. The molecule has 11 heteroatoms. The second kappa shape index (κ2) is 7.61. The van der Waals surface area contributed by atoms with E-state index in [2.05, 4.69) is 20.5 Å². The van der Waals surface area contributed by atoms with E-state index in [4.69, 9.17) is 0 Å². The van der Waals surface area contributed by atoms with Crippen LogP contribution in [-0.4, -0.2) is 33.4 Å². The number of rotatable bonds is 5. The van der Waals surface area contributed by atoms with Crippen molar-refractivity contribution in [2.24, 2.45) is 10.2 Å². The molecule has 10 nitrogen and oxygen atoms in total. The van der Waals surface area contributed by atoms with Gasteiger partial charge < -0.3 is 15.4 Å². The van der Waals surface area contributed by atoms with Gasteiger partial charge in [-0.05, 0) is 18.2 Å². The van der Waals surface area contributed by atoms with Crippen molar-refractivity contribution in [3.05, 3.63) is 64.0 Å². The summed E-state index contributed by atoms with van der Waals surface area (Å²) in [6.07, 6.45) is 0. The number of benzene rings is 2. The molecule has 3 aromatic rings. The number of amides is 2. The highest BCUT2D eigenvalue weighted by Gasteiger charge is 2.16. The number of nitro groups is 1. The molecule has 1 heterocycles. The zero-order valence-corrected chi connectivity index (χ0v) is 14.0. The summed E-state index contributed by atoms with van der Waals surface area (Å²) in [5, 5.41) is 30.1. The number of nitro benzene ring substituents is 1. The first-order valence-electron chi connectivity index (χ1n) is 7.83. The Morgan fingerprint density at radius 3 is 2.71 bits per heavy atom. The van der Waals surface area contributed by atoms with Crippen molar-refractivity contribution < 1.29 is 24.0 Å². The SMILES string of the molecule is O=C(CNC(=O)c1ccccc1F)N=Nc1c(O)[nH]c2ccc([N+](=O)[O-])cc12. The maximum Gasteiger partial charge on any atom is 0.283 e. The first-order valence-corrected chi connectivity index (χ1v) is 7.83. The van der Waals surface area contributed by atoms with Crippen LogP contribution >= 0.6 is 0 Å². The molecular weight excluding hydrogens is 373 g/mol. The lowest BCUT2D eigenvalue weighted by molar-refractivity contribution is -0.384. The third-order valence-corrected chi connectivity index (χ3v) is 3.73. The number of carbonyl (C=O) groups is 2. The number of carbonyl (C=O) groups excluding carboxylic acids is 2. The first-order chi connectivity index (χ1) is 13.4. The van der Waals surface area contributed by atoms with Crippen LogP contribution in [-0.2, 0) is 4.79 Å². The molecular formula is C17H12FN5O5. The lowest BCUT2D eigenvalue weighted by Crippen LogP contribution is -2.29. The third-order valence-electron chi connectivity index (χ3n) is 3.73. The zero-order valence-electron chi connectivity index (χ0n) is 14.0. The molecule has 0 spiro atoms. The number of non-ortho nitro benzene ring substituents is 1. The van der Waals surface area contributed by atoms with Crippen LogP contribution < -0.4 is 5.32 Å². The fourth-order valence-electron chi connectivity index (χ4n) is 2.40. The van der Waals surface area contributed by atoms with Crippen molar-refractivity contribution in [3.63, 3.8) is 0 Å². The number of fused-ring (bicyclic) bond motifs is 1. The molecule has 3 N–H and O–H groups in total. The Labute approximate surface area is 155 Å². The van der Waals surface area contributed by atoms with Crippen LogP contribution in [0.2, 0.25) is 0 Å². The van der Waals surface area contributed by atoms with Crippen LogP contribution in [0.25, 0.3) is 10.9 Å². The van der Waals surface area contributed by atoms with Crippen molar-refractivity contribution in [2.75, 3.05) is 6.54 Å². The first kappa shape index (κ1) is 18.6. The highest BCUT2D eigenvalue weighted by atomic mass is 19.1. The summed E-state index contributed by atoms with van der Waals surface area (Å²) >= 11 is 0. The molecule has 0 aliphatic rings. The van der Waals surface area contributed by atoms with Gasteiger partial charge in [0.05, 0.1) is 16.0 Å². The van der Waals surface area contributed by atoms with Crippen LogP contribution in [0, 0.1) is 15.9 Å². The van der Waals surface area contributed by atoms with Gasteiger partial charge in [-0.15, -0.1) is 10.2 Å². The van der Waals surface area contributed by atoms with Crippen LogP contribution in [0.15, 0.2) is 52.7 Å². The highest BCUT2D eigenvalue weighted by molar-refractivity contribution is 5.97. The summed E-state index contributed by atoms with van der Waals surface area (Å²) in [5.74, 6) is -2.84. The van der Waals surface area contributed by atoms with Gasteiger partial charge in [-0.25, -0.2) is 4.39 Å². The highest BCUT2D eigenvalue weighted by Crippen LogP contribution is 2.37. The molecule has 0 atom stereocenters. The van der Waals surface area contributed by atoms with Gasteiger partial charge in [-0.3, -0.25) is 19.7 Å². The molecule has 2 aromatic carbocycles. The van der Waals surface area contributed by atoms with Crippen LogP contribution in [0.1, 0.15) is 10.4 Å². The van der Waals surface area contributed by atoms with Gasteiger partial charge >= 0.3 is 0 Å². The van der Waals surface area contributed by atoms with Gasteiger partial charge in [0.15, 0.2) is 5.69 Å². The van der Waals surface area contributed by atoms with Gasteiger partial charge in [-0.1, -0.05) is 12.1 Å². The normalized spacial score (nSPS) is 11.0. The quantitative estimate of drug-likeness (QED) is 0.350. The predicted molar refractivity (Wildman–Crippen MR) is 94.9 cm³/mol. The summed E-state index contributed by atoms with van der Waals surface area (Å²) in [4.78, 5) is 36.5. The van der Waals surface area contributed by atoms with Crippen molar-refractivity contribution in [2.45, 2.75) is 0 Å². The van der Waals surface area contributed by atoms with Crippen molar-refractivity contribution in [1.82, 2.24) is 10.3 Å². The summed E-state index contributed by atoms with van der Waals surface area (Å²) in [6, 6.07) is 9.04. The van der Waals surface area contributed by atoms with Crippen LogP contribution in [0.3, 0.4) is 0 Å². The summed E-state index contributed by atoms with van der Waals surface area (Å²) < 4.78 is 13.5. The second-order valence-electron chi connectivity index (χ2n) is 5.57. The second-order valence-corrected chi connectivity index (χ2v) is 5.57. The Morgan fingerprint density at radius 2 is 2.00 bits per heavy atom. The summed E-state index contributed by atoms with van der Waals surface area (Å²) in [6.45, 7) is -0.556. The maximum atomic E-state index is 13.5. The predicted octanol–water partition coefficient (Wildman–Crippen LogP) is 2.96. The minimum absolute atomic E-state index is 0.160. The summed E-state index contributed by atoms with van der Waals surface area (Å²) in [5.41, 5.74) is -0.259. The number of aromatic nitrogens is 1. The summed E-state index contributed by atoms with van der Waals surface area (Å²) in [7, 11) is 0. The Balaban J connectivity index is 1.73. The maximum absolute atomic E-state index is 13.5. The van der Waals surface area contributed by atoms with E-state index < -0.39 is 35.0 Å². The van der Waals surface area contributed by atoms with Gasteiger partial charge in [0.25, 0.3) is 17.5 Å². The van der Waals surface area contributed by atoms with Crippen LogP contribution in [0.4, 0.5) is 15.8 Å². The molecule has 142 valence electrons. The van der Waals surface area contributed by atoms with E-state index in [1.807, 2.05) is 0 Å². The number of hydrogen-bond acceptors (Lipinski definition) is 6. The Hall–Kier alpha value is -4.15. The monoisotopic (exact) mass is 385 g/mol. The largest absolute Gasteiger partial charge is 0.493 e. The number of nitrogens with zero attached hydrogens (tertiary/aromatic N) is 3. The van der Waals surface area contributed by atoms with E-state index in [1.165, 1.54) is 36.4 Å². The minimum Gasteiger partial charge on any atom is -0.493 e. The van der Waals surface area contributed by atoms with E-state index in [0.717, 1.165) is 6.07 Å². The third kappa shape index (κ3) is 3.82. The number of azo groups is 1. The van der Waals surface area contributed by atoms with Gasteiger partial charge in [-0.2, -0.15) is 0 Å². The van der Waals surface area contributed by atoms with Crippen molar-refractivity contribution in [1.29, 1.82) is 0 Å². The average Bonchev–Trinajstić information content (AvgIpc) is 2.99. The topological polar surface area (TPSA) is 150 Å². The smallest absolute Gasteiger partial charge is 0.283 e. The Kier molecular flexibility index (Phi) is 5.07. The molecule has 0 radical (unpaired) electrons. The Bertz CT molecular complexity index is 1120. The van der Waals surface area contributed by atoms with E-state index in [-0.39, 0.29) is 22.3 Å². The standard InChI is InChI=1S/C17H12FN5O5/c18-12-4-2-1-3-10(12)16(25)19-8-14(24)21-22-15-11-7-9(23(27)28)5-6-13(11)20-17(15)26/h1-7,20,26H,8H2,(H,19,25). The van der Waals surface area contributed by atoms with Gasteiger partial charge in [0, 0.05) is 17.5 Å². The molecule has 0 saturated heterocycles. The van der Waals surface area contributed by atoms with Crippen molar-refractivity contribution in [3.8, 4) is 5.88 Å². The number of hydrogen-bond donors (Lipinski definition) is 3. The van der Waals surface area contributed by atoms with E-state index in [0.29, 0.717) is 5.52 Å². The van der Waals surface area contributed by atoms with E-state index in [1.54, 1.807) is 0 Å². The van der Waals surface area contributed by atoms with E-state index >= 15 is 0 Å².